The highest BCUT2D eigenvalue weighted by Gasteiger charge is 2.04. The quantitative estimate of drug-likeness (QED) is 0.781. The highest BCUT2D eigenvalue weighted by molar-refractivity contribution is 7.99. The molecule has 0 aliphatic carbocycles. The zero-order chi connectivity index (χ0) is 9.52. The van der Waals surface area contributed by atoms with Crippen molar-refractivity contribution in [1.29, 1.82) is 0 Å². The standard InChI is InChI=1S/C11H16OS/c1-2-11(8-12)13-9-10-6-4-3-5-7-10/h3-7,11-12H,2,8-9H2,1H3/t11-/m0/s1. The highest BCUT2D eigenvalue weighted by atomic mass is 32.2. The molecule has 0 aliphatic heterocycles. The van der Waals surface area contributed by atoms with Gasteiger partial charge in [-0.2, -0.15) is 11.8 Å². The summed E-state index contributed by atoms with van der Waals surface area (Å²) in [5.41, 5.74) is 1.33. The van der Waals surface area contributed by atoms with Crippen molar-refractivity contribution in [2.24, 2.45) is 0 Å². The lowest BCUT2D eigenvalue weighted by Gasteiger charge is -2.10. The molecule has 0 spiro atoms. The maximum absolute atomic E-state index is 8.98. The summed E-state index contributed by atoms with van der Waals surface area (Å²) in [6.07, 6.45) is 1.04. The number of rotatable bonds is 5. The number of thioether (sulfide) groups is 1. The maximum atomic E-state index is 8.98. The maximum Gasteiger partial charge on any atom is 0.0550 e. The van der Waals surface area contributed by atoms with Gasteiger partial charge in [0, 0.05) is 11.0 Å². The number of aliphatic hydroxyl groups is 1. The van der Waals surface area contributed by atoms with Gasteiger partial charge in [-0.25, -0.2) is 0 Å². The van der Waals surface area contributed by atoms with Gasteiger partial charge in [-0.3, -0.25) is 0 Å². The van der Waals surface area contributed by atoms with Gasteiger partial charge in [0.2, 0.25) is 0 Å². The third-order valence-electron chi connectivity index (χ3n) is 1.99. The van der Waals surface area contributed by atoms with Gasteiger partial charge in [0.05, 0.1) is 6.61 Å². The molecule has 1 aromatic rings. The Morgan fingerprint density at radius 1 is 1.31 bits per heavy atom. The van der Waals surface area contributed by atoms with E-state index in [1.807, 2.05) is 17.8 Å². The summed E-state index contributed by atoms with van der Waals surface area (Å²) in [6, 6.07) is 10.4. The minimum absolute atomic E-state index is 0.286. The third kappa shape index (κ3) is 3.83. The zero-order valence-electron chi connectivity index (χ0n) is 7.94. The minimum Gasteiger partial charge on any atom is -0.395 e. The van der Waals surface area contributed by atoms with Crippen molar-refractivity contribution in [2.75, 3.05) is 6.61 Å². The summed E-state index contributed by atoms with van der Waals surface area (Å²) in [4.78, 5) is 0. The molecular formula is C11H16OS. The molecule has 0 aliphatic rings. The third-order valence-corrected chi connectivity index (χ3v) is 3.44. The number of hydrogen-bond donors (Lipinski definition) is 1. The Hall–Kier alpha value is -0.470. The molecular weight excluding hydrogens is 180 g/mol. The second kappa shape index (κ2) is 6.06. The summed E-state index contributed by atoms with van der Waals surface area (Å²) in [5.74, 6) is 1.000. The fraction of sp³-hybridized carbons (Fsp3) is 0.455. The first-order valence-electron chi connectivity index (χ1n) is 4.63. The van der Waals surface area contributed by atoms with E-state index in [1.54, 1.807) is 0 Å². The first-order valence-corrected chi connectivity index (χ1v) is 5.68. The topological polar surface area (TPSA) is 20.2 Å². The average Bonchev–Trinajstić information content (AvgIpc) is 2.21. The van der Waals surface area contributed by atoms with Crippen molar-refractivity contribution >= 4 is 11.8 Å². The summed E-state index contributed by atoms with van der Waals surface area (Å²) in [5, 5.41) is 9.37. The van der Waals surface area contributed by atoms with Gasteiger partial charge in [-0.1, -0.05) is 37.3 Å². The zero-order valence-corrected chi connectivity index (χ0v) is 8.76. The van der Waals surface area contributed by atoms with E-state index in [4.69, 9.17) is 5.11 Å². The van der Waals surface area contributed by atoms with E-state index >= 15 is 0 Å². The molecule has 13 heavy (non-hydrogen) atoms. The minimum atomic E-state index is 0.286. The van der Waals surface area contributed by atoms with E-state index < -0.39 is 0 Å². The van der Waals surface area contributed by atoms with Crippen molar-refractivity contribution in [3.8, 4) is 0 Å². The molecule has 1 rings (SSSR count). The van der Waals surface area contributed by atoms with Crippen LogP contribution in [0.5, 0.6) is 0 Å². The first kappa shape index (κ1) is 10.6. The Bertz CT molecular complexity index is 219. The summed E-state index contributed by atoms with van der Waals surface area (Å²) < 4.78 is 0. The Morgan fingerprint density at radius 2 is 2.00 bits per heavy atom. The molecule has 0 amide bonds. The molecule has 1 atom stereocenters. The molecule has 0 radical (unpaired) electrons. The van der Waals surface area contributed by atoms with E-state index in [-0.39, 0.29) is 6.61 Å². The molecule has 0 saturated carbocycles. The molecule has 0 aromatic heterocycles. The van der Waals surface area contributed by atoms with Crippen molar-refractivity contribution < 1.29 is 5.11 Å². The van der Waals surface area contributed by atoms with Crippen molar-refractivity contribution in [3.05, 3.63) is 35.9 Å². The van der Waals surface area contributed by atoms with Crippen LogP contribution in [0.2, 0.25) is 0 Å². The second-order valence-corrected chi connectivity index (χ2v) is 4.30. The van der Waals surface area contributed by atoms with Crippen molar-refractivity contribution in [1.82, 2.24) is 0 Å². The molecule has 0 bridgehead atoms. The highest BCUT2D eigenvalue weighted by Crippen LogP contribution is 2.19. The van der Waals surface area contributed by atoms with E-state index in [9.17, 15) is 0 Å². The smallest absolute Gasteiger partial charge is 0.0550 e. The van der Waals surface area contributed by atoms with Crippen LogP contribution in [0.15, 0.2) is 30.3 Å². The molecule has 1 aromatic carbocycles. The summed E-state index contributed by atoms with van der Waals surface area (Å²) >= 11 is 1.82. The molecule has 72 valence electrons. The lowest BCUT2D eigenvalue weighted by Crippen LogP contribution is -2.06. The Balaban J connectivity index is 2.34. The van der Waals surface area contributed by atoms with E-state index in [1.165, 1.54) is 5.56 Å². The predicted octanol–water partition coefficient (Wildman–Crippen LogP) is 2.69. The largest absolute Gasteiger partial charge is 0.395 e. The van der Waals surface area contributed by atoms with Crippen LogP contribution in [-0.4, -0.2) is 17.0 Å². The van der Waals surface area contributed by atoms with Crippen LogP contribution in [0.1, 0.15) is 18.9 Å². The van der Waals surface area contributed by atoms with Gasteiger partial charge >= 0.3 is 0 Å². The average molecular weight is 196 g/mol. The Kier molecular flexibility index (Phi) is 4.94. The lowest BCUT2D eigenvalue weighted by molar-refractivity contribution is 0.292. The van der Waals surface area contributed by atoms with Gasteiger partial charge in [0.15, 0.2) is 0 Å². The Labute approximate surface area is 84.2 Å². The van der Waals surface area contributed by atoms with Crippen molar-refractivity contribution in [3.63, 3.8) is 0 Å². The second-order valence-electron chi connectivity index (χ2n) is 3.01. The van der Waals surface area contributed by atoms with Crippen LogP contribution in [0.25, 0.3) is 0 Å². The molecule has 2 heteroatoms. The van der Waals surface area contributed by atoms with Crippen LogP contribution < -0.4 is 0 Å². The lowest BCUT2D eigenvalue weighted by atomic mass is 10.2. The van der Waals surface area contributed by atoms with Gasteiger partial charge in [-0.15, -0.1) is 0 Å². The normalized spacial score (nSPS) is 12.8. The van der Waals surface area contributed by atoms with Gasteiger partial charge in [0.1, 0.15) is 0 Å². The molecule has 0 saturated heterocycles. The van der Waals surface area contributed by atoms with E-state index in [2.05, 4.69) is 31.2 Å². The van der Waals surface area contributed by atoms with Crippen LogP contribution in [0.3, 0.4) is 0 Å². The van der Waals surface area contributed by atoms with Crippen LogP contribution in [-0.2, 0) is 5.75 Å². The SMILES string of the molecule is CC[C@@H](CO)SCc1ccccc1. The fourth-order valence-corrected chi connectivity index (χ4v) is 2.05. The molecule has 0 heterocycles. The van der Waals surface area contributed by atoms with Gasteiger partial charge in [0.25, 0.3) is 0 Å². The summed E-state index contributed by atoms with van der Waals surface area (Å²) in [6.45, 7) is 2.40. The van der Waals surface area contributed by atoms with E-state index in [0.29, 0.717) is 5.25 Å². The fourth-order valence-electron chi connectivity index (χ4n) is 1.09. The number of benzene rings is 1. The summed E-state index contributed by atoms with van der Waals surface area (Å²) in [7, 11) is 0. The molecule has 1 N–H and O–H groups in total. The van der Waals surface area contributed by atoms with Crippen LogP contribution in [0, 0.1) is 0 Å². The molecule has 1 nitrogen and oxygen atoms in total. The van der Waals surface area contributed by atoms with Crippen LogP contribution >= 0.6 is 11.8 Å². The van der Waals surface area contributed by atoms with Gasteiger partial charge < -0.3 is 5.11 Å². The van der Waals surface area contributed by atoms with Crippen LogP contribution in [0.4, 0.5) is 0 Å². The monoisotopic (exact) mass is 196 g/mol. The number of hydrogen-bond acceptors (Lipinski definition) is 2. The van der Waals surface area contributed by atoms with Crippen molar-refractivity contribution in [2.45, 2.75) is 24.3 Å². The van der Waals surface area contributed by atoms with Gasteiger partial charge in [-0.05, 0) is 12.0 Å². The molecule has 0 fully saturated rings. The first-order chi connectivity index (χ1) is 6.36. The van der Waals surface area contributed by atoms with E-state index in [0.717, 1.165) is 12.2 Å². The molecule has 0 unspecified atom stereocenters. The number of aliphatic hydroxyl groups excluding tert-OH is 1. The predicted molar refractivity (Wildman–Crippen MR) is 58.9 cm³/mol. The Morgan fingerprint density at radius 3 is 2.54 bits per heavy atom.